The van der Waals surface area contributed by atoms with Crippen molar-refractivity contribution < 1.29 is 32.2 Å². The van der Waals surface area contributed by atoms with Gasteiger partial charge in [0, 0.05) is 19.2 Å². The van der Waals surface area contributed by atoms with Crippen molar-refractivity contribution in [1.29, 1.82) is 0 Å². The smallest absolute Gasteiger partial charge is 0.449 e. The molecule has 2 heterocycles. The Balaban J connectivity index is 2.34. The van der Waals surface area contributed by atoms with E-state index in [9.17, 15) is 22.8 Å². The Hall–Kier alpha value is -2.52. The van der Waals surface area contributed by atoms with Gasteiger partial charge in [0.15, 0.2) is 0 Å². The molecule has 0 unspecified atom stereocenters. The molecule has 0 bridgehead atoms. The highest BCUT2D eigenvalue weighted by Crippen LogP contribution is 2.33. The van der Waals surface area contributed by atoms with Gasteiger partial charge in [-0.3, -0.25) is 0 Å². The number of ether oxygens (including phenoxy) is 2. The first-order valence-corrected chi connectivity index (χ1v) is 8.41. The van der Waals surface area contributed by atoms with Crippen LogP contribution < -0.4 is 0 Å². The maximum Gasteiger partial charge on any atom is 0.449 e. The Bertz CT molecular complexity index is 748. The minimum Gasteiger partial charge on any atom is -0.463 e. The van der Waals surface area contributed by atoms with Crippen molar-refractivity contribution in [3.8, 4) is 0 Å². The number of alkyl halides is 3. The third-order valence-corrected chi connectivity index (χ3v) is 3.61. The fourth-order valence-corrected chi connectivity index (χ4v) is 2.56. The highest BCUT2D eigenvalue weighted by Gasteiger charge is 2.40. The van der Waals surface area contributed by atoms with Gasteiger partial charge in [-0.25, -0.2) is 14.6 Å². The molecule has 1 aliphatic rings. The molecule has 0 saturated heterocycles. The van der Waals surface area contributed by atoms with E-state index in [1.807, 2.05) is 0 Å². The number of nitrogens with zero attached hydrogens (tertiary/aromatic N) is 3. The van der Waals surface area contributed by atoms with Crippen LogP contribution in [0.1, 0.15) is 44.9 Å². The summed E-state index contributed by atoms with van der Waals surface area (Å²) in [5.74, 6) is -1.75. The first-order chi connectivity index (χ1) is 12.4. The van der Waals surface area contributed by atoms with Crippen molar-refractivity contribution in [2.24, 2.45) is 0 Å². The Morgan fingerprint density at radius 2 is 1.89 bits per heavy atom. The minimum absolute atomic E-state index is 0.0383. The number of carbonyl (C=O) groups excluding carboxylic acids is 2. The Morgan fingerprint density at radius 3 is 2.44 bits per heavy atom. The van der Waals surface area contributed by atoms with Gasteiger partial charge in [-0.05, 0) is 33.8 Å². The second-order valence-electron chi connectivity index (χ2n) is 6.90. The summed E-state index contributed by atoms with van der Waals surface area (Å²) in [5, 5.41) is 0. The Kier molecular flexibility index (Phi) is 5.86. The molecule has 0 aliphatic carbocycles. The van der Waals surface area contributed by atoms with Crippen molar-refractivity contribution in [2.45, 2.75) is 52.6 Å². The average molecular weight is 389 g/mol. The summed E-state index contributed by atoms with van der Waals surface area (Å²) in [7, 11) is 0. The second kappa shape index (κ2) is 7.61. The molecule has 0 atom stereocenters. The van der Waals surface area contributed by atoms with Crippen LogP contribution in [0.2, 0.25) is 0 Å². The predicted octanol–water partition coefficient (Wildman–Crippen LogP) is 3.23. The van der Waals surface area contributed by atoms with Gasteiger partial charge in [-0.1, -0.05) is 0 Å². The van der Waals surface area contributed by atoms with Gasteiger partial charge in [0.2, 0.25) is 5.82 Å². The number of carbonyl (C=O) groups is 2. The van der Waals surface area contributed by atoms with Gasteiger partial charge in [-0.15, -0.1) is 0 Å². The topological polar surface area (TPSA) is 73.7 Å². The Labute approximate surface area is 154 Å². The number of halogens is 3. The van der Waals surface area contributed by atoms with Crippen LogP contribution in [-0.2, 0) is 33.5 Å². The van der Waals surface area contributed by atoms with Crippen LogP contribution in [0.4, 0.5) is 18.0 Å². The fraction of sp³-hybridized carbons (Fsp3) is 0.588. The van der Waals surface area contributed by atoms with E-state index < -0.39 is 29.7 Å². The van der Waals surface area contributed by atoms with Gasteiger partial charge >= 0.3 is 18.2 Å². The van der Waals surface area contributed by atoms with Crippen LogP contribution in [0, 0.1) is 0 Å². The number of imidazole rings is 1. The molecule has 150 valence electrons. The normalized spacial score (nSPS) is 15.0. The molecule has 7 nitrogen and oxygen atoms in total. The summed E-state index contributed by atoms with van der Waals surface area (Å²) < 4.78 is 50.9. The van der Waals surface area contributed by atoms with E-state index in [0.717, 1.165) is 16.7 Å². The van der Waals surface area contributed by atoms with E-state index in [1.165, 1.54) is 4.90 Å². The number of esters is 1. The second-order valence-corrected chi connectivity index (χ2v) is 6.90. The molecular weight excluding hydrogens is 367 g/mol. The molecule has 1 amide bonds. The third-order valence-electron chi connectivity index (χ3n) is 3.61. The molecule has 0 saturated carbocycles. The summed E-state index contributed by atoms with van der Waals surface area (Å²) in [5.41, 5.74) is -0.581. The number of fused-ring (bicyclic) bond motifs is 1. The standard InChI is InChI=1S/C17H22F3N3O4/c1-5-26-13(24)7-6-11-12-10-22(15(25)27-16(2,3)4)8-9-23(12)14(21-11)17(18,19)20/h6-7H,5,8-10H2,1-4H3/b7-6+. The first kappa shape index (κ1) is 20.8. The molecule has 1 aromatic heterocycles. The van der Waals surface area contributed by atoms with Crippen LogP contribution in [0.3, 0.4) is 0 Å². The zero-order valence-electron chi connectivity index (χ0n) is 15.6. The van der Waals surface area contributed by atoms with E-state index in [2.05, 4.69) is 4.98 Å². The van der Waals surface area contributed by atoms with Crippen molar-refractivity contribution in [3.63, 3.8) is 0 Å². The lowest BCUT2D eigenvalue weighted by Crippen LogP contribution is -2.42. The zero-order valence-corrected chi connectivity index (χ0v) is 15.6. The SMILES string of the molecule is CCOC(=O)/C=C/c1nc(C(F)(F)F)n2c1CN(C(=O)OC(C)(C)C)CC2. The number of amides is 1. The molecule has 0 aromatic carbocycles. The lowest BCUT2D eigenvalue weighted by molar-refractivity contribution is -0.147. The van der Waals surface area contributed by atoms with Crippen LogP contribution in [0.25, 0.3) is 6.08 Å². The van der Waals surface area contributed by atoms with Gasteiger partial charge in [0.25, 0.3) is 0 Å². The maximum absolute atomic E-state index is 13.3. The zero-order chi connectivity index (χ0) is 20.4. The fourth-order valence-electron chi connectivity index (χ4n) is 2.56. The highest BCUT2D eigenvalue weighted by molar-refractivity contribution is 5.87. The molecule has 0 spiro atoms. The van der Waals surface area contributed by atoms with E-state index >= 15 is 0 Å². The third kappa shape index (κ3) is 5.24. The minimum atomic E-state index is -4.65. The number of rotatable bonds is 3. The predicted molar refractivity (Wildman–Crippen MR) is 89.5 cm³/mol. The lowest BCUT2D eigenvalue weighted by Gasteiger charge is -2.31. The summed E-state index contributed by atoms with van der Waals surface area (Å²) >= 11 is 0. The monoisotopic (exact) mass is 389 g/mol. The molecule has 10 heteroatoms. The van der Waals surface area contributed by atoms with Crippen molar-refractivity contribution in [3.05, 3.63) is 23.3 Å². The van der Waals surface area contributed by atoms with E-state index in [-0.39, 0.29) is 37.6 Å². The molecule has 1 aromatic rings. The summed E-state index contributed by atoms with van der Waals surface area (Å²) in [4.78, 5) is 28.7. The van der Waals surface area contributed by atoms with Gasteiger partial charge in [-0.2, -0.15) is 13.2 Å². The van der Waals surface area contributed by atoms with Crippen LogP contribution >= 0.6 is 0 Å². The molecule has 0 N–H and O–H groups in total. The average Bonchev–Trinajstić information content (AvgIpc) is 2.89. The summed E-state index contributed by atoms with van der Waals surface area (Å²) in [6.07, 6.45) is -3.10. The van der Waals surface area contributed by atoms with Crippen molar-refractivity contribution in [2.75, 3.05) is 13.2 Å². The van der Waals surface area contributed by atoms with E-state index in [0.29, 0.717) is 0 Å². The lowest BCUT2D eigenvalue weighted by atomic mass is 10.2. The molecule has 1 aliphatic heterocycles. The van der Waals surface area contributed by atoms with Gasteiger partial charge in [0.1, 0.15) is 5.60 Å². The van der Waals surface area contributed by atoms with Crippen LogP contribution in [0.5, 0.6) is 0 Å². The molecule has 2 rings (SSSR count). The largest absolute Gasteiger partial charge is 0.463 e. The van der Waals surface area contributed by atoms with E-state index in [4.69, 9.17) is 9.47 Å². The molecule has 0 fully saturated rings. The Morgan fingerprint density at radius 1 is 1.22 bits per heavy atom. The van der Waals surface area contributed by atoms with Crippen molar-refractivity contribution in [1.82, 2.24) is 14.5 Å². The van der Waals surface area contributed by atoms with E-state index in [1.54, 1.807) is 27.7 Å². The van der Waals surface area contributed by atoms with Crippen molar-refractivity contribution >= 4 is 18.1 Å². The molecule has 0 radical (unpaired) electrons. The number of aromatic nitrogens is 2. The molecular formula is C17H22F3N3O4. The van der Waals surface area contributed by atoms with Crippen LogP contribution in [0.15, 0.2) is 6.08 Å². The number of hydrogen-bond donors (Lipinski definition) is 0. The quantitative estimate of drug-likeness (QED) is 0.586. The maximum atomic E-state index is 13.3. The number of hydrogen-bond acceptors (Lipinski definition) is 5. The highest BCUT2D eigenvalue weighted by atomic mass is 19.4. The first-order valence-electron chi connectivity index (χ1n) is 8.41. The molecule has 27 heavy (non-hydrogen) atoms. The van der Waals surface area contributed by atoms with Gasteiger partial charge in [0.05, 0.1) is 24.5 Å². The summed E-state index contributed by atoms with van der Waals surface area (Å²) in [6.45, 7) is 6.74. The van der Waals surface area contributed by atoms with Crippen LogP contribution in [-0.4, -0.2) is 45.3 Å². The summed E-state index contributed by atoms with van der Waals surface area (Å²) in [6, 6.07) is 0. The van der Waals surface area contributed by atoms with Gasteiger partial charge < -0.3 is 18.9 Å².